The highest BCUT2D eigenvalue weighted by atomic mass is 16.3. The van der Waals surface area contributed by atoms with Crippen LogP contribution in [0, 0.1) is 0 Å². The van der Waals surface area contributed by atoms with Gasteiger partial charge in [-0.2, -0.15) is 0 Å². The maximum absolute atomic E-state index is 6.76. The van der Waals surface area contributed by atoms with Gasteiger partial charge in [0, 0.05) is 43.6 Å². The summed E-state index contributed by atoms with van der Waals surface area (Å²) < 4.78 is 19.5. The molecule has 3 heterocycles. The van der Waals surface area contributed by atoms with Gasteiger partial charge in [-0.3, -0.25) is 0 Å². The molecule has 0 aliphatic carbocycles. The fraction of sp³-hybridized carbons (Fsp3) is 0. The second kappa shape index (κ2) is 12.7. The molecule has 4 nitrogen and oxygen atoms in total. The minimum Gasteiger partial charge on any atom is -0.456 e. The molecular weight excluding hydrogens is 735 g/mol. The molecule has 0 saturated carbocycles. The normalized spacial score (nSPS) is 12.0. The maximum Gasteiger partial charge on any atom is 0.143 e. The Labute approximate surface area is 343 Å². The number of furan rings is 3. The number of benzene rings is 10. The Bertz CT molecular complexity index is 3850. The molecule has 0 fully saturated rings. The number of nitrogens with zero attached hydrogens (tertiary/aromatic N) is 1. The summed E-state index contributed by atoms with van der Waals surface area (Å²) in [5.74, 6) is 0. The van der Waals surface area contributed by atoms with Crippen LogP contribution in [0.15, 0.2) is 213 Å². The van der Waals surface area contributed by atoms with Gasteiger partial charge in [0.2, 0.25) is 0 Å². The average Bonchev–Trinajstić information content (AvgIpc) is 4.00. The summed E-state index contributed by atoms with van der Waals surface area (Å²) in [6, 6.07) is 70.9. The van der Waals surface area contributed by atoms with Gasteiger partial charge in [0.1, 0.15) is 33.5 Å². The van der Waals surface area contributed by atoms with Crippen LogP contribution in [-0.4, -0.2) is 0 Å². The van der Waals surface area contributed by atoms with E-state index in [-0.39, 0.29) is 0 Å². The van der Waals surface area contributed by atoms with E-state index < -0.39 is 0 Å². The molecule has 13 aromatic rings. The van der Waals surface area contributed by atoms with Crippen LogP contribution in [-0.2, 0) is 0 Å². The fourth-order valence-electron chi connectivity index (χ4n) is 9.47. The zero-order valence-corrected chi connectivity index (χ0v) is 32.2. The number of para-hydroxylation sites is 2. The fourth-order valence-corrected chi connectivity index (χ4v) is 9.47. The summed E-state index contributed by atoms with van der Waals surface area (Å²) in [5, 5.41) is 11.2. The van der Waals surface area contributed by atoms with Crippen molar-refractivity contribution in [2.45, 2.75) is 0 Å². The highest BCUT2D eigenvalue weighted by Crippen LogP contribution is 2.49. The standard InChI is InChI=1S/C56H33NO3/c1-2-13-37-33-53-46(32-36(37)12-1)54-43(17-9-21-51(54)59-53)41-15-5-7-18-47(41)57(48-19-10-22-52-55(48)44-29-25-35-11-3-4-14-40(35)56(44)60-52)39-27-23-34(24-28-39)38-26-30-50-45(31-38)42-16-6-8-20-49(42)58-50/h1-33H. The van der Waals surface area contributed by atoms with Crippen LogP contribution in [0.4, 0.5) is 17.1 Å². The molecule has 0 saturated heterocycles. The first-order valence-electron chi connectivity index (χ1n) is 20.3. The van der Waals surface area contributed by atoms with Gasteiger partial charge < -0.3 is 18.2 Å². The van der Waals surface area contributed by atoms with Crippen LogP contribution in [0.1, 0.15) is 0 Å². The molecule has 280 valence electrons. The molecule has 3 aromatic heterocycles. The molecular formula is C56H33NO3. The summed E-state index contributed by atoms with van der Waals surface area (Å²) in [6.45, 7) is 0. The van der Waals surface area contributed by atoms with Crippen molar-refractivity contribution < 1.29 is 13.3 Å². The molecule has 60 heavy (non-hydrogen) atoms. The molecule has 0 aliphatic heterocycles. The highest BCUT2D eigenvalue weighted by molar-refractivity contribution is 6.21. The predicted octanol–water partition coefficient (Wildman–Crippen LogP) is 16.5. The SMILES string of the molecule is c1ccc(N(c2ccc(-c3ccc4oc5ccccc5c4c3)cc2)c2cccc3oc4c5ccccc5ccc4c23)c(-c2cccc3oc4cc5ccccc5cc4c23)c1. The quantitative estimate of drug-likeness (QED) is 0.175. The maximum atomic E-state index is 6.76. The molecule has 10 aromatic carbocycles. The summed E-state index contributed by atoms with van der Waals surface area (Å²) in [7, 11) is 0. The molecule has 0 unspecified atom stereocenters. The lowest BCUT2D eigenvalue weighted by atomic mass is 9.95. The monoisotopic (exact) mass is 767 g/mol. The van der Waals surface area contributed by atoms with Crippen molar-refractivity contribution in [1.29, 1.82) is 0 Å². The lowest BCUT2D eigenvalue weighted by molar-refractivity contribution is 0.669. The number of hydrogen-bond acceptors (Lipinski definition) is 4. The van der Waals surface area contributed by atoms with Crippen molar-refractivity contribution in [1.82, 2.24) is 0 Å². The topological polar surface area (TPSA) is 42.7 Å². The predicted molar refractivity (Wildman–Crippen MR) is 249 cm³/mol. The second-order valence-corrected chi connectivity index (χ2v) is 15.6. The van der Waals surface area contributed by atoms with Crippen molar-refractivity contribution in [3.63, 3.8) is 0 Å². The van der Waals surface area contributed by atoms with Gasteiger partial charge in [-0.05, 0) is 106 Å². The summed E-state index contributed by atoms with van der Waals surface area (Å²) in [5.41, 5.74) is 12.8. The second-order valence-electron chi connectivity index (χ2n) is 15.6. The zero-order chi connectivity index (χ0) is 39.3. The van der Waals surface area contributed by atoms with Crippen molar-refractivity contribution in [2.24, 2.45) is 0 Å². The van der Waals surface area contributed by atoms with E-state index in [2.05, 4.69) is 193 Å². The molecule has 0 radical (unpaired) electrons. The van der Waals surface area contributed by atoms with E-state index >= 15 is 0 Å². The Morgan fingerprint density at radius 2 is 0.933 bits per heavy atom. The lowest BCUT2D eigenvalue weighted by Gasteiger charge is -2.29. The average molecular weight is 768 g/mol. The summed E-state index contributed by atoms with van der Waals surface area (Å²) in [4.78, 5) is 2.40. The van der Waals surface area contributed by atoms with Gasteiger partial charge in [0.05, 0.1) is 16.8 Å². The number of rotatable bonds is 5. The molecule has 0 amide bonds. The largest absolute Gasteiger partial charge is 0.456 e. The zero-order valence-electron chi connectivity index (χ0n) is 32.2. The molecule has 4 heteroatoms. The van der Waals surface area contributed by atoms with Crippen LogP contribution < -0.4 is 4.90 Å². The van der Waals surface area contributed by atoms with Crippen LogP contribution in [0.2, 0.25) is 0 Å². The Kier molecular flexibility index (Phi) is 6.98. The smallest absolute Gasteiger partial charge is 0.143 e. The van der Waals surface area contributed by atoms with Gasteiger partial charge in [-0.15, -0.1) is 0 Å². The molecule has 0 aliphatic rings. The summed E-state index contributed by atoms with van der Waals surface area (Å²) >= 11 is 0. The minimum atomic E-state index is 0.841. The minimum absolute atomic E-state index is 0.841. The first-order valence-corrected chi connectivity index (χ1v) is 20.3. The third-order valence-electron chi connectivity index (χ3n) is 12.2. The van der Waals surface area contributed by atoms with Gasteiger partial charge >= 0.3 is 0 Å². The van der Waals surface area contributed by atoms with E-state index in [1.54, 1.807) is 0 Å². The summed E-state index contributed by atoms with van der Waals surface area (Å²) in [6.07, 6.45) is 0. The molecule has 0 N–H and O–H groups in total. The molecule has 0 bridgehead atoms. The first-order chi connectivity index (χ1) is 29.7. The van der Waals surface area contributed by atoms with E-state index in [0.717, 1.165) is 121 Å². The van der Waals surface area contributed by atoms with Gasteiger partial charge in [0.15, 0.2) is 0 Å². The Balaban J connectivity index is 1.05. The van der Waals surface area contributed by atoms with E-state index in [4.69, 9.17) is 13.3 Å². The Morgan fingerprint density at radius 3 is 1.82 bits per heavy atom. The third-order valence-corrected chi connectivity index (χ3v) is 12.2. The highest BCUT2D eigenvalue weighted by Gasteiger charge is 2.24. The number of anilines is 3. The van der Waals surface area contributed by atoms with Crippen LogP contribution in [0.25, 0.3) is 110 Å². The Morgan fingerprint density at radius 1 is 0.300 bits per heavy atom. The van der Waals surface area contributed by atoms with E-state index in [9.17, 15) is 0 Å². The van der Waals surface area contributed by atoms with Crippen molar-refractivity contribution in [3.05, 3.63) is 200 Å². The van der Waals surface area contributed by atoms with E-state index in [1.165, 1.54) is 5.39 Å². The van der Waals surface area contributed by atoms with E-state index in [1.807, 2.05) is 12.1 Å². The third kappa shape index (κ3) is 4.91. The van der Waals surface area contributed by atoms with Crippen molar-refractivity contribution in [2.75, 3.05) is 4.90 Å². The first kappa shape index (κ1) is 32.9. The molecule has 0 atom stereocenters. The molecule has 0 spiro atoms. The number of hydrogen-bond donors (Lipinski definition) is 0. The van der Waals surface area contributed by atoms with Crippen LogP contribution in [0.5, 0.6) is 0 Å². The molecule has 13 rings (SSSR count). The van der Waals surface area contributed by atoms with Gasteiger partial charge in [-0.1, -0.05) is 127 Å². The number of fused-ring (bicyclic) bond motifs is 12. The van der Waals surface area contributed by atoms with Gasteiger partial charge in [0.25, 0.3) is 0 Å². The van der Waals surface area contributed by atoms with E-state index in [0.29, 0.717) is 0 Å². The van der Waals surface area contributed by atoms with Gasteiger partial charge in [-0.25, -0.2) is 0 Å². The lowest BCUT2D eigenvalue weighted by Crippen LogP contribution is -2.11. The van der Waals surface area contributed by atoms with Crippen molar-refractivity contribution in [3.8, 4) is 22.3 Å². The van der Waals surface area contributed by atoms with Crippen LogP contribution >= 0.6 is 0 Å². The van der Waals surface area contributed by atoms with Crippen LogP contribution in [0.3, 0.4) is 0 Å². The Hall–Kier alpha value is -8.08. The van der Waals surface area contributed by atoms with Crippen molar-refractivity contribution >= 4 is 104 Å².